The van der Waals surface area contributed by atoms with E-state index in [2.05, 4.69) is 12.2 Å². The fourth-order valence-corrected chi connectivity index (χ4v) is 1.98. The SMILES string of the molecule is CC[C@H](C)[C@H](NC(=O)C1CC1C)C(=O)OC(C)(C)C. The number of carbonyl (C=O) groups excluding carboxylic acids is 2. The van der Waals surface area contributed by atoms with Gasteiger partial charge in [0.1, 0.15) is 11.6 Å². The highest BCUT2D eigenvalue weighted by Gasteiger charge is 2.41. The Bertz CT molecular complexity index is 346. The van der Waals surface area contributed by atoms with Crippen molar-refractivity contribution in [2.45, 2.75) is 66.0 Å². The summed E-state index contributed by atoms with van der Waals surface area (Å²) in [5.41, 5.74) is -0.527. The van der Waals surface area contributed by atoms with Crippen molar-refractivity contribution in [1.82, 2.24) is 5.32 Å². The molecule has 2 unspecified atom stereocenters. The van der Waals surface area contributed by atoms with Gasteiger partial charge >= 0.3 is 5.97 Å². The Kier molecular flexibility index (Phi) is 4.99. The summed E-state index contributed by atoms with van der Waals surface area (Å²) in [6, 6.07) is -0.537. The number of nitrogens with one attached hydrogen (secondary N) is 1. The molecule has 1 amide bonds. The van der Waals surface area contributed by atoms with E-state index in [4.69, 9.17) is 4.74 Å². The van der Waals surface area contributed by atoms with Gasteiger partial charge in [-0.3, -0.25) is 4.79 Å². The van der Waals surface area contributed by atoms with Gasteiger partial charge in [-0.1, -0.05) is 27.2 Å². The van der Waals surface area contributed by atoms with Crippen LogP contribution in [0.2, 0.25) is 0 Å². The summed E-state index contributed by atoms with van der Waals surface area (Å²) < 4.78 is 5.40. The van der Waals surface area contributed by atoms with E-state index in [0.717, 1.165) is 12.8 Å². The highest BCUT2D eigenvalue weighted by molar-refractivity contribution is 5.87. The van der Waals surface area contributed by atoms with E-state index in [-0.39, 0.29) is 23.7 Å². The summed E-state index contributed by atoms with van der Waals surface area (Å²) in [5, 5.41) is 2.87. The van der Waals surface area contributed by atoms with Crippen LogP contribution in [0.1, 0.15) is 54.4 Å². The summed E-state index contributed by atoms with van der Waals surface area (Å²) in [6.07, 6.45) is 1.75. The van der Waals surface area contributed by atoms with Gasteiger partial charge in [-0.2, -0.15) is 0 Å². The van der Waals surface area contributed by atoms with Gasteiger partial charge in [-0.15, -0.1) is 0 Å². The minimum absolute atomic E-state index is 0.0105. The lowest BCUT2D eigenvalue weighted by Crippen LogP contribution is -2.48. The second kappa shape index (κ2) is 5.93. The number of rotatable bonds is 5. The van der Waals surface area contributed by atoms with Crippen LogP contribution < -0.4 is 5.32 Å². The Morgan fingerprint density at radius 2 is 1.89 bits per heavy atom. The smallest absolute Gasteiger partial charge is 0.329 e. The lowest BCUT2D eigenvalue weighted by molar-refractivity contribution is -0.160. The molecule has 0 aromatic heterocycles. The summed E-state index contributed by atoms with van der Waals surface area (Å²) in [5.74, 6) is 0.255. The third-order valence-corrected chi connectivity index (χ3v) is 3.62. The molecule has 0 aromatic rings. The largest absolute Gasteiger partial charge is 0.458 e. The first-order valence-corrected chi connectivity index (χ1v) is 7.19. The highest BCUT2D eigenvalue weighted by Crippen LogP contribution is 2.37. The molecule has 1 fully saturated rings. The molecule has 0 saturated heterocycles. The molecule has 1 aliphatic rings. The van der Waals surface area contributed by atoms with E-state index in [9.17, 15) is 9.59 Å². The van der Waals surface area contributed by atoms with Crippen molar-refractivity contribution in [1.29, 1.82) is 0 Å². The van der Waals surface area contributed by atoms with Crippen molar-refractivity contribution in [3.05, 3.63) is 0 Å². The Morgan fingerprint density at radius 3 is 2.26 bits per heavy atom. The van der Waals surface area contributed by atoms with E-state index < -0.39 is 11.6 Å². The van der Waals surface area contributed by atoms with Crippen molar-refractivity contribution in [3.63, 3.8) is 0 Å². The maximum Gasteiger partial charge on any atom is 0.329 e. The first-order chi connectivity index (χ1) is 8.65. The van der Waals surface area contributed by atoms with E-state index in [1.165, 1.54) is 0 Å². The van der Waals surface area contributed by atoms with E-state index >= 15 is 0 Å². The molecule has 1 saturated carbocycles. The molecule has 1 N–H and O–H groups in total. The van der Waals surface area contributed by atoms with Gasteiger partial charge in [-0.25, -0.2) is 4.79 Å². The number of hydrogen-bond donors (Lipinski definition) is 1. The van der Waals surface area contributed by atoms with Crippen molar-refractivity contribution >= 4 is 11.9 Å². The second-order valence-corrected chi connectivity index (χ2v) is 6.72. The van der Waals surface area contributed by atoms with Gasteiger partial charge in [0, 0.05) is 5.92 Å². The van der Waals surface area contributed by atoms with Gasteiger partial charge < -0.3 is 10.1 Å². The van der Waals surface area contributed by atoms with E-state index in [1.54, 1.807) is 0 Å². The van der Waals surface area contributed by atoms with Crippen LogP contribution in [-0.4, -0.2) is 23.5 Å². The maximum atomic E-state index is 12.2. The Morgan fingerprint density at radius 1 is 1.37 bits per heavy atom. The normalized spacial score (nSPS) is 25.4. The third kappa shape index (κ3) is 4.84. The summed E-state index contributed by atoms with van der Waals surface area (Å²) in [7, 11) is 0. The average molecular weight is 269 g/mol. The van der Waals surface area contributed by atoms with Gasteiger partial charge in [0.2, 0.25) is 5.91 Å². The van der Waals surface area contributed by atoms with Gasteiger partial charge in [0.05, 0.1) is 0 Å². The number of carbonyl (C=O) groups is 2. The molecule has 4 atom stereocenters. The van der Waals surface area contributed by atoms with Crippen LogP contribution in [-0.2, 0) is 14.3 Å². The van der Waals surface area contributed by atoms with E-state index in [0.29, 0.717) is 5.92 Å². The molecule has 0 radical (unpaired) electrons. The third-order valence-electron chi connectivity index (χ3n) is 3.62. The van der Waals surface area contributed by atoms with Crippen molar-refractivity contribution in [2.24, 2.45) is 17.8 Å². The van der Waals surface area contributed by atoms with Crippen LogP contribution >= 0.6 is 0 Å². The van der Waals surface area contributed by atoms with Gasteiger partial charge in [-0.05, 0) is 39.0 Å². The number of esters is 1. The first-order valence-electron chi connectivity index (χ1n) is 7.19. The Labute approximate surface area is 116 Å². The summed E-state index contributed by atoms with van der Waals surface area (Å²) >= 11 is 0. The molecule has 0 heterocycles. The molecule has 0 aromatic carbocycles. The van der Waals surface area contributed by atoms with Crippen LogP contribution in [0.3, 0.4) is 0 Å². The molecule has 0 spiro atoms. The van der Waals surface area contributed by atoms with Gasteiger partial charge in [0.25, 0.3) is 0 Å². The van der Waals surface area contributed by atoms with Gasteiger partial charge in [0.15, 0.2) is 0 Å². The molecule has 1 rings (SSSR count). The molecule has 1 aliphatic carbocycles. The Balaban J connectivity index is 2.66. The second-order valence-electron chi connectivity index (χ2n) is 6.72. The number of ether oxygens (including phenoxy) is 1. The lowest BCUT2D eigenvalue weighted by atomic mass is 9.98. The first kappa shape index (κ1) is 16.0. The summed E-state index contributed by atoms with van der Waals surface area (Å²) in [4.78, 5) is 24.2. The molecular formula is C15H27NO3. The fraction of sp³-hybridized carbons (Fsp3) is 0.867. The molecule has 0 aliphatic heterocycles. The number of amides is 1. The molecular weight excluding hydrogens is 242 g/mol. The minimum atomic E-state index is -0.537. The topological polar surface area (TPSA) is 55.4 Å². The standard InChI is InChI=1S/C15H27NO3/c1-7-9(2)12(14(18)19-15(4,5)6)16-13(17)11-8-10(11)3/h9-12H,7-8H2,1-6H3,(H,16,17)/t9-,10?,11?,12-/m0/s1. The van der Waals surface area contributed by atoms with Crippen LogP contribution in [0.4, 0.5) is 0 Å². The molecule has 0 bridgehead atoms. The fourth-order valence-electron chi connectivity index (χ4n) is 1.98. The predicted molar refractivity (Wildman–Crippen MR) is 74.5 cm³/mol. The van der Waals surface area contributed by atoms with Crippen molar-refractivity contribution in [3.8, 4) is 0 Å². The van der Waals surface area contributed by atoms with Crippen LogP contribution in [0.5, 0.6) is 0 Å². The van der Waals surface area contributed by atoms with E-state index in [1.807, 2.05) is 34.6 Å². The minimum Gasteiger partial charge on any atom is -0.458 e. The monoisotopic (exact) mass is 269 g/mol. The Hall–Kier alpha value is -1.06. The van der Waals surface area contributed by atoms with Crippen LogP contribution in [0.25, 0.3) is 0 Å². The molecule has 19 heavy (non-hydrogen) atoms. The zero-order chi connectivity index (χ0) is 14.8. The maximum absolute atomic E-state index is 12.2. The molecule has 110 valence electrons. The highest BCUT2D eigenvalue weighted by atomic mass is 16.6. The molecule has 4 heteroatoms. The predicted octanol–water partition coefficient (Wildman–Crippen LogP) is 2.52. The lowest BCUT2D eigenvalue weighted by Gasteiger charge is -2.27. The zero-order valence-corrected chi connectivity index (χ0v) is 12.9. The van der Waals surface area contributed by atoms with Crippen LogP contribution in [0, 0.1) is 17.8 Å². The molecule has 4 nitrogen and oxygen atoms in total. The summed E-state index contributed by atoms with van der Waals surface area (Å²) in [6.45, 7) is 11.5. The quantitative estimate of drug-likeness (QED) is 0.780. The number of hydrogen-bond acceptors (Lipinski definition) is 3. The van der Waals surface area contributed by atoms with Crippen molar-refractivity contribution < 1.29 is 14.3 Å². The average Bonchev–Trinajstić information content (AvgIpc) is 2.99. The zero-order valence-electron chi connectivity index (χ0n) is 12.9. The van der Waals surface area contributed by atoms with Crippen LogP contribution in [0.15, 0.2) is 0 Å². The van der Waals surface area contributed by atoms with Crippen molar-refractivity contribution in [2.75, 3.05) is 0 Å².